The van der Waals surface area contributed by atoms with E-state index in [9.17, 15) is 25.3 Å². The molecule has 0 bridgehead atoms. The minimum Gasteiger partial charge on any atom is -0.502 e. The standard InChI is InChI=1S/C10H8.C7H6N2O5/c1-2-6-10-8-4-3-7-9(10)5-1;1-4-2-5(8(11)12)3-6(7(4)10)9(13)14/h1-8H;2-3,10H,1H3. The number of nitro groups is 2. The van der Waals surface area contributed by atoms with Gasteiger partial charge in [0, 0.05) is 11.6 Å². The van der Waals surface area contributed by atoms with Gasteiger partial charge in [0.15, 0.2) is 5.75 Å². The number of phenols is 1. The smallest absolute Gasteiger partial charge is 0.317 e. The van der Waals surface area contributed by atoms with Crippen molar-refractivity contribution in [1.82, 2.24) is 0 Å². The summed E-state index contributed by atoms with van der Waals surface area (Å²) in [7, 11) is 0. The highest BCUT2D eigenvalue weighted by atomic mass is 16.6. The molecule has 0 radical (unpaired) electrons. The van der Waals surface area contributed by atoms with Gasteiger partial charge in [-0.1, -0.05) is 48.5 Å². The molecule has 3 aromatic carbocycles. The highest BCUT2D eigenvalue weighted by molar-refractivity contribution is 5.82. The van der Waals surface area contributed by atoms with Crippen LogP contribution < -0.4 is 0 Å². The maximum Gasteiger partial charge on any atom is 0.317 e. The lowest BCUT2D eigenvalue weighted by Crippen LogP contribution is -1.94. The van der Waals surface area contributed by atoms with Crippen molar-refractivity contribution >= 4 is 22.1 Å². The predicted molar refractivity (Wildman–Crippen MR) is 90.1 cm³/mol. The molecule has 0 aliphatic heterocycles. The molecule has 0 saturated carbocycles. The van der Waals surface area contributed by atoms with Crippen molar-refractivity contribution in [3.8, 4) is 5.75 Å². The fraction of sp³-hybridized carbons (Fsp3) is 0.0588. The van der Waals surface area contributed by atoms with Crippen molar-refractivity contribution < 1.29 is 15.0 Å². The SMILES string of the molecule is Cc1cc([N+](=O)[O-])cc([N+](=O)[O-])c1O.c1ccc2ccccc2c1. The number of non-ortho nitro benzene ring substituents is 1. The summed E-state index contributed by atoms with van der Waals surface area (Å²) in [5.41, 5.74) is -0.963. The third-order valence-electron chi connectivity index (χ3n) is 3.33. The first-order valence-corrected chi connectivity index (χ1v) is 6.96. The fourth-order valence-corrected chi connectivity index (χ4v) is 2.12. The maximum atomic E-state index is 10.4. The van der Waals surface area contributed by atoms with E-state index in [-0.39, 0.29) is 5.56 Å². The summed E-state index contributed by atoms with van der Waals surface area (Å²) in [4.78, 5) is 19.1. The Balaban J connectivity index is 0.000000182. The Hall–Kier alpha value is -3.48. The van der Waals surface area contributed by atoms with E-state index in [0.29, 0.717) is 0 Å². The highest BCUT2D eigenvalue weighted by Crippen LogP contribution is 2.33. The average molecular weight is 326 g/mol. The number of benzene rings is 3. The van der Waals surface area contributed by atoms with Crippen molar-refractivity contribution in [3.05, 3.63) is 86.5 Å². The molecule has 0 saturated heterocycles. The second kappa shape index (κ2) is 7.19. The second-order valence-electron chi connectivity index (χ2n) is 4.99. The van der Waals surface area contributed by atoms with Gasteiger partial charge in [0.2, 0.25) is 0 Å². The Kier molecular flexibility index (Phi) is 5.06. The summed E-state index contributed by atoms with van der Waals surface area (Å²) < 4.78 is 0. The number of hydrogen-bond acceptors (Lipinski definition) is 5. The van der Waals surface area contributed by atoms with E-state index in [0.717, 1.165) is 12.1 Å². The van der Waals surface area contributed by atoms with Crippen LogP contribution in [0.2, 0.25) is 0 Å². The second-order valence-corrected chi connectivity index (χ2v) is 4.99. The first-order chi connectivity index (χ1) is 11.4. The summed E-state index contributed by atoms with van der Waals surface area (Å²) in [6.45, 7) is 1.36. The Bertz CT molecular complexity index is 843. The summed E-state index contributed by atoms with van der Waals surface area (Å²) in [6, 6.07) is 18.5. The number of fused-ring (bicyclic) bond motifs is 1. The molecule has 122 valence electrons. The Labute approximate surface area is 137 Å². The van der Waals surface area contributed by atoms with E-state index in [2.05, 4.69) is 48.5 Å². The molecular formula is C17H14N2O5. The van der Waals surface area contributed by atoms with Gasteiger partial charge < -0.3 is 5.11 Å². The Morgan fingerprint density at radius 3 is 1.67 bits per heavy atom. The normalized spacial score (nSPS) is 9.88. The number of aromatic hydroxyl groups is 1. The molecule has 0 aliphatic rings. The van der Waals surface area contributed by atoms with Crippen molar-refractivity contribution in [2.24, 2.45) is 0 Å². The van der Waals surface area contributed by atoms with Crippen LogP contribution in [-0.4, -0.2) is 15.0 Å². The first kappa shape index (κ1) is 16.9. The molecule has 0 aromatic heterocycles. The summed E-state index contributed by atoms with van der Waals surface area (Å²) >= 11 is 0. The van der Waals surface area contributed by atoms with Crippen molar-refractivity contribution in [1.29, 1.82) is 0 Å². The van der Waals surface area contributed by atoms with Gasteiger partial charge in [0.25, 0.3) is 5.69 Å². The third kappa shape index (κ3) is 3.83. The molecule has 24 heavy (non-hydrogen) atoms. The number of nitro benzene ring substituents is 2. The van der Waals surface area contributed by atoms with Crippen LogP contribution in [0.5, 0.6) is 5.75 Å². The quantitative estimate of drug-likeness (QED) is 0.556. The number of phenolic OH excluding ortho intramolecular Hbond substituents is 1. The molecule has 0 atom stereocenters. The van der Waals surface area contributed by atoms with Crippen LogP contribution in [0.3, 0.4) is 0 Å². The van der Waals surface area contributed by atoms with Crippen LogP contribution in [0.25, 0.3) is 10.8 Å². The lowest BCUT2D eigenvalue weighted by molar-refractivity contribution is -0.394. The van der Waals surface area contributed by atoms with Gasteiger partial charge in [-0.25, -0.2) is 0 Å². The monoisotopic (exact) mass is 326 g/mol. The molecule has 0 aliphatic carbocycles. The van der Waals surface area contributed by atoms with Gasteiger partial charge in [0.1, 0.15) is 0 Å². The Morgan fingerprint density at radius 2 is 1.29 bits per heavy atom. The van der Waals surface area contributed by atoms with Gasteiger partial charge in [-0.05, 0) is 17.7 Å². The van der Waals surface area contributed by atoms with Crippen molar-refractivity contribution in [2.45, 2.75) is 6.92 Å². The topological polar surface area (TPSA) is 107 Å². The molecule has 3 rings (SSSR count). The third-order valence-corrected chi connectivity index (χ3v) is 3.33. The minimum atomic E-state index is -0.866. The molecule has 0 amide bonds. The summed E-state index contributed by atoms with van der Waals surface area (Å²) in [5, 5.41) is 32.5. The molecule has 0 fully saturated rings. The van der Waals surface area contributed by atoms with Crippen LogP contribution in [0.4, 0.5) is 11.4 Å². The molecule has 0 unspecified atom stereocenters. The van der Waals surface area contributed by atoms with Crippen LogP contribution in [-0.2, 0) is 0 Å². The van der Waals surface area contributed by atoms with Crippen LogP contribution in [0.15, 0.2) is 60.7 Å². The van der Waals surface area contributed by atoms with Gasteiger partial charge in [-0.15, -0.1) is 0 Å². The Morgan fingerprint density at radius 1 is 0.833 bits per heavy atom. The van der Waals surface area contributed by atoms with Gasteiger partial charge in [0.05, 0.1) is 15.9 Å². The van der Waals surface area contributed by atoms with Gasteiger partial charge in [-0.2, -0.15) is 0 Å². The molecule has 0 heterocycles. The van der Waals surface area contributed by atoms with Crippen LogP contribution >= 0.6 is 0 Å². The lowest BCUT2D eigenvalue weighted by Gasteiger charge is -1.99. The highest BCUT2D eigenvalue weighted by Gasteiger charge is 2.21. The predicted octanol–water partition coefficient (Wildman–Crippen LogP) is 4.36. The number of nitrogens with zero attached hydrogens (tertiary/aromatic N) is 2. The molecule has 0 spiro atoms. The van der Waals surface area contributed by atoms with Crippen molar-refractivity contribution in [2.75, 3.05) is 0 Å². The minimum absolute atomic E-state index is 0.103. The van der Waals surface area contributed by atoms with E-state index in [1.807, 2.05) is 0 Å². The number of rotatable bonds is 2. The largest absolute Gasteiger partial charge is 0.502 e. The molecule has 7 nitrogen and oxygen atoms in total. The number of hydrogen-bond donors (Lipinski definition) is 1. The van der Waals surface area contributed by atoms with E-state index >= 15 is 0 Å². The van der Waals surface area contributed by atoms with Gasteiger partial charge >= 0.3 is 5.69 Å². The van der Waals surface area contributed by atoms with Crippen LogP contribution in [0.1, 0.15) is 5.56 Å². The van der Waals surface area contributed by atoms with Crippen LogP contribution in [0, 0.1) is 27.2 Å². The zero-order chi connectivity index (χ0) is 17.7. The lowest BCUT2D eigenvalue weighted by atomic mass is 10.1. The summed E-state index contributed by atoms with van der Waals surface area (Å²) in [5.74, 6) is -0.541. The molecular weight excluding hydrogens is 312 g/mol. The van der Waals surface area contributed by atoms with Crippen molar-refractivity contribution in [3.63, 3.8) is 0 Å². The van der Waals surface area contributed by atoms with E-state index in [4.69, 9.17) is 0 Å². The molecule has 1 N–H and O–H groups in total. The maximum absolute atomic E-state index is 10.4. The number of aryl methyl sites for hydroxylation is 1. The van der Waals surface area contributed by atoms with E-state index < -0.39 is 27.0 Å². The zero-order valence-electron chi connectivity index (χ0n) is 12.7. The van der Waals surface area contributed by atoms with E-state index in [1.165, 1.54) is 17.7 Å². The summed E-state index contributed by atoms with van der Waals surface area (Å²) in [6.07, 6.45) is 0. The average Bonchev–Trinajstić information content (AvgIpc) is 2.57. The van der Waals surface area contributed by atoms with E-state index in [1.54, 1.807) is 0 Å². The molecule has 3 aromatic rings. The van der Waals surface area contributed by atoms with Gasteiger partial charge in [-0.3, -0.25) is 20.2 Å². The first-order valence-electron chi connectivity index (χ1n) is 6.96. The fourth-order valence-electron chi connectivity index (χ4n) is 2.12. The molecule has 7 heteroatoms. The zero-order valence-corrected chi connectivity index (χ0v) is 12.7.